The van der Waals surface area contributed by atoms with E-state index in [1.807, 2.05) is 19.2 Å². The van der Waals surface area contributed by atoms with E-state index < -0.39 is 85.0 Å². The minimum Gasteiger partial charge on any atom is -0.481 e. The van der Waals surface area contributed by atoms with Crippen molar-refractivity contribution in [1.29, 1.82) is 0 Å². The molecule has 15 nitrogen and oxygen atoms in total. The summed E-state index contributed by atoms with van der Waals surface area (Å²) in [6, 6.07) is -5.78. The first-order chi connectivity index (χ1) is 16.1. The van der Waals surface area contributed by atoms with Crippen LogP contribution in [-0.4, -0.2) is 81.0 Å². The van der Waals surface area contributed by atoms with Crippen LogP contribution < -0.4 is 27.4 Å². The Morgan fingerprint density at radius 1 is 0.714 bits per heavy atom. The Hall–Kier alpha value is -3.75. The van der Waals surface area contributed by atoms with Gasteiger partial charge in [0.15, 0.2) is 0 Å². The Morgan fingerprint density at radius 2 is 1.17 bits per heavy atom. The van der Waals surface area contributed by atoms with E-state index in [9.17, 15) is 33.6 Å². The molecular weight excluding hydrogens is 470 g/mol. The van der Waals surface area contributed by atoms with Gasteiger partial charge in [-0.1, -0.05) is 13.8 Å². The van der Waals surface area contributed by atoms with Gasteiger partial charge in [-0.15, -0.1) is 0 Å². The third-order valence-electron chi connectivity index (χ3n) is 4.65. The third kappa shape index (κ3) is 13.5. The quantitative estimate of drug-likeness (QED) is 0.103. The normalized spacial score (nSPS) is 14.2. The minimum absolute atomic E-state index is 0.0527. The molecule has 15 heteroatoms. The number of hydrogen-bond acceptors (Lipinski definition) is 8. The first-order valence-electron chi connectivity index (χ1n) is 10.7. The van der Waals surface area contributed by atoms with Crippen molar-refractivity contribution in [1.82, 2.24) is 16.0 Å². The number of primary amides is 1. The second-order valence-electron chi connectivity index (χ2n) is 8.29. The monoisotopic (exact) mass is 503 g/mol. The van der Waals surface area contributed by atoms with Crippen LogP contribution in [-0.2, 0) is 33.6 Å². The van der Waals surface area contributed by atoms with Crippen molar-refractivity contribution in [3.05, 3.63) is 0 Å². The maximum absolute atomic E-state index is 12.8. The van der Waals surface area contributed by atoms with Gasteiger partial charge in [0.2, 0.25) is 23.6 Å². The number of nitrogens with two attached hydrogens (primary N) is 2. The number of carboxylic acid groups (broad SMARTS) is 3. The van der Waals surface area contributed by atoms with E-state index in [-0.39, 0.29) is 25.2 Å². The van der Waals surface area contributed by atoms with Crippen molar-refractivity contribution in [3.8, 4) is 0 Å². The Labute approximate surface area is 201 Å². The van der Waals surface area contributed by atoms with Gasteiger partial charge in [-0.05, 0) is 25.2 Å². The number of nitrogens with one attached hydrogen (secondary N) is 3. The number of carboxylic acids is 3. The summed E-state index contributed by atoms with van der Waals surface area (Å²) in [6.07, 6.45) is -2.33. The number of carbonyl (C=O) groups is 7. The van der Waals surface area contributed by atoms with Gasteiger partial charge in [-0.25, -0.2) is 4.79 Å². The molecule has 0 aliphatic carbocycles. The van der Waals surface area contributed by atoms with Crippen LogP contribution in [0.15, 0.2) is 0 Å². The van der Waals surface area contributed by atoms with Crippen LogP contribution in [0.1, 0.15) is 52.4 Å². The first-order valence-corrected chi connectivity index (χ1v) is 10.7. The summed E-state index contributed by atoms with van der Waals surface area (Å²) in [5, 5.41) is 33.4. The molecule has 0 aromatic rings. The molecule has 0 radical (unpaired) electrons. The molecule has 0 aromatic carbocycles. The van der Waals surface area contributed by atoms with Gasteiger partial charge in [0.25, 0.3) is 0 Å². The lowest BCUT2D eigenvalue weighted by Crippen LogP contribution is -2.57. The molecule has 4 atom stereocenters. The molecule has 0 spiro atoms. The van der Waals surface area contributed by atoms with Crippen LogP contribution in [0.3, 0.4) is 0 Å². The molecule has 0 saturated carbocycles. The molecule has 0 aromatic heterocycles. The molecule has 0 heterocycles. The molecule has 0 aliphatic rings. The topological polar surface area (TPSA) is 268 Å². The van der Waals surface area contributed by atoms with E-state index in [0.29, 0.717) is 0 Å². The van der Waals surface area contributed by atoms with E-state index in [0.717, 1.165) is 0 Å². The fraction of sp³-hybridized carbons (Fsp3) is 0.650. The van der Waals surface area contributed by atoms with Crippen LogP contribution in [0.2, 0.25) is 0 Å². The number of amides is 4. The predicted molar refractivity (Wildman–Crippen MR) is 118 cm³/mol. The van der Waals surface area contributed by atoms with Gasteiger partial charge >= 0.3 is 17.9 Å². The maximum atomic E-state index is 12.8. The van der Waals surface area contributed by atoms with E-state index in [2.05, 4.69) is 10.6 Å². The van der Waals surface area contributed by atoms with Crippen LogP contribution >= 0.6 is 0 Å². The average molecular weight is 504 g/mol. The molecule has 198 valence electrons. The lowest BCUT2D eigenvalue weighted by Gasteiger charge is -2.25. The third-order valence-corrected chi connectivity index (χ3v) is 4.65. The van der Waals surface area contributed by atoms with E-state index in [1.54, 1.807) is 0 Å². The zero-order valence-electron chi connectivity index (χ0n) is 19.5. The smallest absolute Gasteiger partial charge is 0.326 e. The highest BCUT2D eigenvalue weighted by atomic mass is 16.4. The molecule has 0 saturated heterocycles. The van der Waals surface area contributed by atoms with Gasteiger partial charge in [0.1, 0.15) is 18.1 Å². The number of carbonyl (C=O) groups excluding carboxylic acids is 4. The standard InChI is InChI=1S/C20H33N5O10/c1-9(2)7-10(21)17(31)23-12(4-6-15(27)28)18(32)24-11(3-5-14(22)26)19(33)25-13(20(34)35)8-16(29)30/h9-13H,3-8,21H2,1-2H3,(H2,22,26)(H,23,31)(H,24,32)(H,25,33)(H,27,28)(H,29,30)(H,34,35). The Balaban J connectivity index is 5.65. The zero-order chi connectivity index (χ0) is 27.3. The second-order valence-corrected chi connectivity index (χ2v) is 8.29. The molecule has 0 rings (SSSR count). The number of rotatable bonds is 17. The first kappa shape index (κ1) is 31.2. The minimum atomic E-state index is -1.83. The molecule has 4 unspecified atom stereocenters. The molecule has 0 fully saturated rings. The van der Waals surface area contributed by atoms with Crippen molar-refractivity contribution >= 4 is 41.5 Å². The molecule has 10 N–H and O–H groups in total. The van der Waals surface area contributed by atoms with Gasteiger partial charge in [-0.3, -0.25) is 28.8 Å². The maximum Gasteiger partial charge on any atom is 0.326 e. The Kier molecular flexibility index (Phi) is 13.6. The summed E-state index contributed by atoms with van der Waals surface area (Å²) in [4.78, 5) is 82.1. The molecule has 4 amide bonds. The molecule has 0 aliphatic heterocycles. The van der Waals surface area contributed by atoms with Crippen molar-refractivity contribution in [2.45, 2.75) is 76.5 Å². The lowest BCUT2D eigenvalue weighted by atomic mass is 10.0. The van der Waals surface area contributed by atoms with Crippen molar-refractivity contribution < 1.29 is 48.9 Å². The second kappa shape index (κ2) is 15.2. The fourth-order valence-corrected chi connectivity index (χ4v) is 2.91. The Morgan fingerprint density at radius 3 is 1.57 bits per heavy atom. The largest absolute Gasteiger partial charge is 0.481 e. The number of hydrogen-bond donors (Lipinski definition) is 8. The summed E-state index contributed by atoms with van der Waals surface area (Å²) in [5.74, 6) is -8.04. The van der Waals surface area contributed by atoms with Crippen molar-refractivity contribution in [2.75, 3.05) is 0 Å². The molecule has 0 bridgehead atoms. The highest BCUT2D eigenvalue weighted by Gasteiger charge is 2.31. The van der Waals surface area contributed by atoms with Crippen LogP contribution in [0.4, 0.5) is 0 Å². The zero-order valence-corrected chi connectivity index (χ0v) is 19.5. The highest BCUT2D eigenvalue weighted by Crippen LogP contribution is 2.07. The van der Waals surface area contributed by atoms with Crippen LogP contribution in [0, 0.1) is 5.92 Å². The van der Waals surface area contributed by atoms with Gasteiger partial charge in [-0.2, -0.15) is 0 Å². The SMILES string of the molecule is CC(C)CC(N)C(=O)NC(CCC(=O)O)C(=O)NC(CCC(N)=O)C(=O)NC(CC(=O)O)C(=O)O. The van der Waals surface area contributed by atoms with Gasteiger partial charge in [0.05, 0.1) is 12.5 Å². The molecular formula is C20H33N5O10. The highest BCUT2D eigenvalue weighted by molar-refractivity contribution is 5.95. The van der Waals surface area contributed by atoms with Crippen LogP contribution in [0.5, 0.6) is 0 Å². The van der Waals surface area contributed by atoms with E-state index >= 15 is 0 Å². The van der Waals surface area contributed by atoms with E-state index in [4.69, 9.17) is 26.8 Å². The van der Waals surface area contributed by atoms with Crippen molar-refractivity contribution in [2.24, 2.45) is 17.4 Å². The summed E-state index contributed by atoms with van der Waals surface area (Å²) >= 11 is 0. The van der Waals surface area contributed by atoms with Crippen molar-refractivity contribution in [3.63, 3.8) is 0 Å². The summed E-state index contributed by atoms with van der Waals surface area (Å²) in [6.45, 7) is 3.64. The van der Waals surface area contributed by atoms with E-state index in [1.165, 1.54) is 0 Å². The number of aliphatic carboxylic acids is 3. The summed E-state index contributed by atoms with van der Waals surface area (Å²) < 4.78 is 0. The molecule has 35 heavy (non-hydrogen) atoms. The predicted octanol–water partition coefficient (Wildman–Crippen LogP) is -2.50. The lowest BCUT2D eigenvalue weighted by molar-refractivity contribution is -0.147. The summed E-state index contributed by atoms with van der Waals surface area (Å²) in [7, 11) is 0. The fourth-order valence-electron chi connectivity index (χ4n) is 2.91. The Bertz CT molecular complexity index is 816. The van der Waals surface area contributed by atoms with Gasteiger partial charge in [0, 0.05) is 12.8 Å². The summed E-state index contributed by atoms with van der Waals surface area (Å²) in [5.41, 5.74) is 10.9. The van der Waals surface area contributed by atoms with Crippen LogP contribution in [0.25, 0.3) is 0 Å². The average Bonchev–Trinajstić information content (AvgIpc) is 2.71. The van der Waals surface area contributed by atoms with Gasteiger partial charge < -0.3 is 42.7 Å².